The van der Waals surface area contributed by atoms with Gasteiger partial charge in [-0.05, 0) is 30.0 Å². The van der Waals surface area contributed by atoms with E-state index in [0.717, 1.165) is 25.1 Å². The summed E-state index contributed by atoms with van der Waals surface area (Å²) in [6.45, 7) is 2.10. The molecule has 0 aliphatic carbocycles. The first-order chi connectivity index (χ1) is 10.3. The van der Waals surface area contributed by atoms with Gasteiger partial charge in [-0.2, -0.15) is 0 Å². The van der Waals surface area contributed by atoms with Crippen LogP contribution in [0.5, 0.6) is 0 Å². The van der Waals surface area contributed by atoms with Crippen molar-refractivity contribution in [3.8, 4) is 0 Å². The number of nitrogens with one attached hydrogen (secondary N) is 1. The van der Waals surface area contributed by atoms with Crippen molar-refractivity contribution in [2.24, 2.45) is 5.92 Å². The molecule has 3 rings (SSSR count). The van der Waals surface area contributed by atoms with E-state index in [2.05, 4.69) is 16.8 Å². The lowest BCUT2D eigenvalue weighted by atomic mass is 9.85. The van der Waals surface area contributed by atoms with Crippen LogP contribution in [-0.2, 0) is 16.1 Å². The fourth-order valence-corrected chi connectivity index (χ4v) is 3.67. The standard InChI is InChI=1S/C17H19NO2S/c19-17(20-12-13-5-2-1-3-6-13)14-8-9-18-11-15(14)16-7-4-10-21-16/h1-7,10,14-15,18H,8-9,11-12H2. The second-order valence-corrected chi connectivity index (χ2v) is 6.29. The van der Waals surface area contributed by atoms with Gasteiger partial charge in [-0.3, -0.25) is 4.79 Å². The SMILES string of the molecule is O=C(OCc1ccccc1)C1CCNCC1c1cccs1. The van der Waals surface area contributed by atoms with Gasteiger partial charge in [0, 0.05) is 17.3 Å². The smallest absolute Gasteiger partial charge is 0.310 e. The van der Waals surface area contributed by atoms with Crippen molar-refractivity contribution >= 4 is 17.3 Å². The molecule has 0 amide bonds. The van der Waals surface area contributed by atoms with E-state index in [4.69, 9.17) is 4.74 Å². The molecule has 1 aliphatic rings. The Morgan fingerprint density at radius 3 is 2.86 bits per heavy atom. The predicted molar refractivity (Wildman–Crippen MR) is 84.3 cm³/mol. The highest BCUT2D eigenvalue weighted by atomic mass is 32.1. The molecular weight excluding hydrogens is 282 g/mol. The molecule has 4 heteroatoms. The van der Waals surface area contributed by atoms with Gasteiger partial charge in [0.2, 0.25) is 0 Å². The van der Waals surface area contributed by atoms with Crippen molar-refractivity contribution in [1.82, 2.24) is 5.32 Å². The van der Waals surface area contributed by atoms with Gasteiger partial charge in [-0.15, -0.1) is 11.3 Å². The molecule has 0 spiro atoms. The number of esters is 1. The number of carbonyl (C=O) groups excluding carboxylic acids is 1. The summed E-state index contributed by atoms with van der Waals surface area (Å²) in [6.07, 6.45) is 0.843. The number of benzene rings is 1. The summed E-state index contributed by atoms with van der Waals surface area (Å²) in [5, 5.41) is 5.45. The predicted octanol–water partition coefficient (Wildman–Crippen LogP) is 3.18. The van der Waals surface area contributed by atoms with Crippen LogP contribution in [0.25, 0.3) is 0 Å². The molecule has 0 radical (unpaired) electrons. The Morgan fingerprint density at radius 2 is 2.10 bits per heavy atom. The van der Waals surface area contributed by atoms with Gasteiger partial charge in [0.05, 0.1) is 5.92 Å². The Bertz CT molecular complexity index is 568. The number of rotatable bonds is 4. The summed E-state index contributed by atoms with van der Waals surface area (Å²) >= 11 is 1.72. The van der Waals surface area contributed by atoms with Crippen LogP contribution in [0.4, 0.5) is 0 Å². The van der Waals surface area contributed by atoms with E-state index in [1.54, 1.807) is 11.3 Å². The van der Waals surface area contributed by atoms with E-state index in [-0.39, 0.29) is 17.8 Å². The molecule has 1 aromatic heterocycles. The molecule has 1 aromatic carbocycles. The molecule has 2 unspecified atom stereocenters. The number of piperidine rings is 1. The summed E-state index contributed by atoms with van der Waals surface area (Å²) in [5.74, 6) is 0.134. The molecule has 1 saturated heterocycles. The minimum absolute atomic E-state index is 0.0337. The van der Waals surface area contributed by atoms with E-state index < -0.39 is 0 Å². The maximum absolute atomic E-state index is 12.4. The van der Waals surface area contributed by atoms with Crippen molar-refractivity contribution < 1.29 is 9.53 Å². The van der Waals surface area contributed by atoms with E-state index >= 15 is 0 Å². The van der Waals surface area contributed by atoms with Gasteiger partial charge >= 0.3 is 5.97 Å². The van der Waals surface area contributed by atoms with Crippen molar-refractivity contribution in [2.45, 2.75) is 18.9 Å². The first-order valence-electron chi connectivity index (χ1n) is 7.29. The number of ether oxygens (including phenoxy) is 1. The van der Waals surface area contributed by atoms with Gasteiger partial charge in [0.15, 0.2) is 0 Å². The third kappa shape index (κ3) is 3.52. The maximum Gasteiger partial charge on any atom is 0.310 e. The zero-order chi connectivity index (χ0) is 14.5. The van der Waals surface area contributed by atoms with Crippen LogP contribution < -0.4 is 5.32 Å². The molecule has 1 aliphatic heterocycles. The van der Waals surface area contributed by atoms with Crippen molar-refractivity contribution in [3.05, 3.63) is 58.3 Å². The van der Waals surface area contributed by atoms with E-state index in [1.807, 2.05) is 36.4 Å². The highest BCUT2D eigenvalue weighted by Gasteiger charge is 2.33. The average Bonchev–Trinajstić information content (AvgIpc) is 3.08. The summed E-state index contributed by atoms with van der Waals surface area (Å²) in [4.78, 5) is 13.7. The molecule has 2 atom stereocenters. The molecule has 0 saturated carbocycles. The second-order valence-electron chi connectivity index (χ2n) is 5.31. The average molecular weight is 301 g/mol. The Hall–Kier alpha value is -1.65. The lowest BCUT2D eigenvalue weighted by Gasteiger charge is -2.29. The van der Waals surface area contributed by atoms with E-state index in [9.17, 15) is 4.79 Å². The quantitative estimate of drug-likeness (QED) is 0.882. The molecule has 1 fully saturated rings. The van der Waals surface area contributed by atoms with Gasteiger partial charge in [0.1, 0.15) is 6.61 Å². The maximum atomic E-state index is 12.4. The van der Waals surface area contributed by atoms with Gasteiger partial charge < -0.3 is 10.1 Å². The topological polar surface area (TPSA) is 38.3 Å². The second kappa shape index (κ2) is 6.87. The van der Waals surface area contributed by atoms with Crippen molar-refractivity contribution in [1.29, 1.82) is 0 Å². The Kier molecular flexibility index (Phi) is 4.68. The molecule has 3 nitrogen and oxygen atoms in total. The van der Waals surface area contributed by atoms with E-state index in [1.165, 1.54) is 4.88 Å². The van der Waals surface area contributed by atoms with Crippen LogP contribution in [-0.4, -0.2) is 19.1 Å². The van der Waals surface area contributed by atoms with Crippen molar-refractivity contribution in [2.75, 3.05) is 13.1 Å². The number of carbonyl (C=O) groups is 1. The molecular formula is C17H19NO2S. The summed E-state index contributed by atoms with van der Waals surface area (Å²) in [5.41, 5.74) is 1.03. The summed E-state index contributed by atoms with van der Waals surface area (Å²) in [6, 6.07) is 14.0. The summed E-state index contributed by atoms with van der Waals surface area (Å²) < 4.78 is 5.53. The molecule has 0 bridgehead atoms. The van der Waals surface area contributed by atoms with Crippen LogP contribution in [0.3, 0.4) is 0 Å². The largest absolute Gasteiger partial charge is 0.461 e. The highest BCUT2D eigenvalue weighted by Crippen LogP contribution is 2.33. The van der Waals surface area contributed by atoms with Gasteiger partial charge in [-0.1, -0.05) is 36.4 Å². The fraction of sp³-hybridized carbons (Fsp3) is 0.353. The van der Waals surface area contributed by atoms with E-state index in [0.29, 0.717) is 6.61 Å². The third-order valence-corrected chi connectivity index (χ3v) is 4.92. The normalized spacial score (nSPS) is 21.9. The molecule has 21 heavy (non-hydrogen) atoms. The minimum Gasteiger partial charge on any atom is -0.461 e. The van der Waals surface area contributed by atoms with Crippen LogP contribution in [0, 0.1) is 5.92 Å². The fourth-order valence-electron chi connectivity index (χ4n) is 2.78. The van der Waals surface area contributed by atoms with Crippen LogP contribution in [0.1, 0.15) is 22.8 Å². The van der Waals surface area contributed by atoms with Crippen LogP contribution >= 0.6 is 11.3 Å². The third-order valence-electron chi connectivity index (χ3n) is 3.92. The van der Waals surface area contributed by atoms with Gasteiger partial charge in [0.25, 0.3) is 0 Å². The van der Waals surface area contributed by atoms with Crippen LogP contribution in [0.15, 0.2) is 47.8 Å². The lowest BCUT2D eigenvalue weighted by Crippen LogP contribution is -2.39. The molecule has 110 valence electrons. The lowest BCUT2D eigenvalue weighted by molar-refractivity contribution is -0.151. The van der Waals surface area contributed by atoms with Crippen LogP contribution in [0.2, 0.25) is 0 Å². The Morgan fingerprint density at radius 1 is 1.24 bits per heavy atom. The zero-order valence-electron chi connectivity index (χ0n) is 11.8. The Balaban J connectivity index is 1.64. The molecule has 2 aromatic rings. The highest BCUT2D eigenvalue weighted by molar-refractivity contribution is 7.10. The number of hydrogen-bond acceptors (Lipinski definition) is 4. The minimum atomic E-state index is -0.0706. The monoisotopic (exact) mass is 301 g/mol. The molecule has 1 N–H and O–H groups in total. The van der Waals surface area contributed by atoms with Crippen molar-refractivity contribution in [3.63, 3.8) is 0 Å². The first-order valence-corrected chi connectivity index (χ1v) is 8.17. The summed E-state index contributed by atoms with van der Waals surface area (Å²) in [7, 11) is 0. The van der Waals surface area contributed by atoms with Gasteiger partial charge in [-0.25, -0.2) is 0 Å². The number of hydrogen-bond donors (Lipinski definition) is 1. The molecule has 2 heterocycles. The Labute approximate surface area is 129 Å². The zero-order valence-corrected chi connectivity index (χ0v) is 12.6. The first kappa shape index (κ1) is 14.3. The number of thiophene rings is 1.